The number of benzene rings is 2. The lowest BCUT2D eigenvalue weighted by atomic mass is 10.1. The molecule has 1 aliphatic heterocycles. The van der Waals surface area contributed by atoms with Crippen molar-refractivity contribution < 1.29 is 19.4 Å². The average Bonchev–Trinajstić information content (AvgIpc) is 3.02. The predicted octanol–water partition coefficient (Wildman–Crippen LogP) is 4.16. The predicted molar refractivity (Wildman–Crippen MR) is 140 cm³/mol. The molecule has 1 N–H and O–H groups in total. The topological polar surface area (TPSA) is 99.1 Å². The number of ether oxygens (including phenoxy) is 1. The van der Waals surface area contributed by atoms with Crippen LogP contribution in [0.15, 0.2) is 66.0 Å². The zero-order valence-corrected chi connectivity index (χ0v) is 21.3. The summed E-state index contributed by atoms with van der Waals surface area (Å²) in [5.74, 6) is 0.486. The van der Waals surface area contributed by atoms with Crippen LogP contribution in [0.5, 0.6) is 0 Å². The van der Waals surface area contributed by atoms with Crippen molar-refractivity contribution in [1.29, 1.82) is 0 Å². The average molecular weight is 508 g/mol. The van der Waals surface area contributed by atoms with E-state index in [0.29, 0.717) is 29.6 Å². The Morgan fingerprint density at radius 1 is 1.19 bits per heavy atom. The number of carboxylic acid groups (broad SMARTS) is 1. The van der Waals surface area contributed by atoms with E-state index in [1.165, 1.54) is 23.7 Å². The summed E-state index contributed by atoms with van der Waals surface area (Å²) in [6.07, 6.45) is 2.06. The molecule has 2 aromatic carbocycles. The SMILES string of the molecule is CSc1ncc2c(n1)N(C)CCN(c1cccc(COC(CN(C)C(=O)O)c3ccccc3)c1)C2=O. The number of carbonyl (C=O) groups excluding carboxylic acids is 1. The van der Waals surface area contributed by atoms with E-state index in [1.54, 1.807) is 11.1 Å². The zero-order valence-electron chi connectivity index (χ0n) is 20.5. The number of carbonyl (C=O) groups is 2. The second-order valence-electron chi connectivity index (χ2n) is 8.52. The molecule has 188 valence electrons. The standard InChI is InChI=1S/C26H29N5O4S/c1-29-12-13-31(24(32)21-15-27-25(36-3)28-23(21)29)20-11-7-8-18(14-20)17-35-22(16-30(2)26(33)34)19-9-5-4-6-10-19/h4-11,14-15,22H,12-13,16-17H2,1-3H3,(H,33,34). The maximum absolute atomic E-state index is 13.4. The molecule has 0 spiro atoms. The van der Waals surface area contributed by atoms with E-state index in [0.717, 1.165) is 16.8 Å². The van der Waals surface area contributed by atoms with Gasteiger partial charge in [-0.1, -0.05) is 54.2 Å². The van der Waals surface area contributed by atoms with Crippen LogP contribution in [0.3, 0.4) is 0 Å². The van der Waals surface area contributed by atoms with Crippen molar-refractivity contribution in [3.63, 3.8) is 0 Å². The number of amides is 2. The first-order valence-corrected chi connectivity index (χ1v) is 12.7. The number of rotatable bonds is 8. The summed E-state index contributed by atoms with van der Waals surface area (Å²) in [7, 11) is 3.45. The molecule has 1 atom stereocenters. The number of hydrogen-bond donors (Lipinski definition) is 1. The van der Waals surface area contributed by atoms with Gasteiger partial charge in [0.25, 0.3) is 5.91 Å². The summed E-state index contributed by atoms with van der Waals surface area (Å²) >= 11 is 1.44. The highest BCUT2D eigenvalue weighted by Gasteiger charge is 2.28. The highest BCUT2D eigenvalue weighted by molar-refractivity contribution is 7.98. The summed E-state index contributed by atoms with van der Waals surface area (Å²) in [5, 5.41) is 9.96. The summed E-state index contributed by atoms with van der Waals surface area (Å²) in [4.78, 5) is 38.6. The van der Waals surface area contributed by atoms with Crippen LogP contribution in [0.2, 0.25) is 0 Å². The molecular formula is C26H29N5O4S. The number of hydrogen-bond acceptors (Lipinski definition) is 7. The largest absolute Gasteiger partial charge is 0.465 e. The van der Waals surface area contributed by atoms with E-state index >= 15 is 0 Å². The Balaban J connectivity index is 1.54. The molecule has 3 aromatic rings. The summed E-state index contributed by atoms with van der Waals surface area (Å²) in [5.41, 5.74) is 3.00. The van der Waals surface area contributed by atoms with Crippen LogP contribution in [-0.2, 0) is 11.3 Å². The van der Waals surface area contributed by atoms with Gasteiger partial charge in [-0.2, -0.15) is 0 Å². The normalized spacial score (nSPS) is 14.2. The number of fused-ring (bicyclic) bond motifs is 1. The first-order chi connectivity index (χ1) is 17.4. The van der Waals surface area contributed by atoms with Crippen molar-refractivity contribution in [3.05, 3.63) is 77.5 Å². The van der Waals surface area contributed by atoms with Crippen LogP contribution in [-0.4, -0.2) is 72.0 Å². The molecule has 1 aliphatic rings. The van der Waals surface area contributed by atoms with Crippen LogP contribution in [0.25, 0.3) is 0 Å². The molecule has 1 aromatic heterocycles. The minimum Gasteiger partial charge on any atom is -0.465 e. The number of aromatic nitrogens is 2. The van der Waals surface area contributed by atoms with Crippen molar-refractivity contribution in [3.8, 4) is 0 Å². The molecule has 0 saturated heterocycles. The number of thioether (sulfide) groups is 1. The molecule has 10 heteroatoms. The Morgan fingerprint density at radius 3 is 2.69 bits per heavy atom. The van der Waals surface area contributed by atoms with Crippen LogP contribution in [0.1, 0.15) is 27.6 Å². The van der Waals surface area contributed by atoms with Gasteiger partial charge < -0.3 is 24.5 Å². The molecule has 0 bridgehead atoms. The quantitative estimate of drug-likeness (QED) is 0.358. The lowest BCUT2D eigenvalue weighted by Gasteiger charge is -2.24. The monoisotopic (exact) mass is 507 g/mol. The van der Waals surface area contributed by atoms with Gasteiger partial charge >= 0.3 is 6.09 Å². The smallest absolute Gasteiger partial charge is 0.407 e. The van der Waals surface area contributed by atoms with Crippen molar-refractivity contribution in [2.75, 3.05) is 49.8 Å². The lowest BCUT2D eigenvalue weighted by Crippen LogP contribution is -2.33. The molecule has 0 aliphatic carbocycles. The van der Waals surface area contributed by atoms with Crippen molar-refractivity contribution in [2.24, 2.45) is 0 Å². The molecule has 2 heterocycles. The van der Waals surface area contributed by atoms with E-state index in [1.807, 2.05) is 72.8 Å². The zero-order chi connectivity index (χ0) is 25.7. The van der Waals surface area contributed by atoms with Gasteiger partial charge in [0.15, 0.2) is 5.16 Å². The van der Waals surface area contributed by atoms with E-state index < -0.39 is 12.2 Å². The Hall–Kier alpha value is -3.63. The minimum atomic E-state index is -1.01. The van der Waals surface area contributed by atoms with Crippen molar-refractivity contribution in [1.82, 2.24) is 14.9 Å². The second-order valence-corrected chi connectivity index (χ2v) is 9.29. The fraction of sp³-hybridized carbons (Fsp3) is 0.308. The minimum absolute atomic E-state index is 0.148. The third-order valence-electron chi connectivity index (χ3n) is 6.04. The van der Waals surface area contributed by atoms with Crippen molar-refractivity contribution in [2.45, 2.75) is 17.9 Å². The van der Waals surface area contributed by atoms with Gasteiger partial charge in [0, 0.05) is 39.1 Å². The van der Waals surface area contributed by atoms with E-state index in [9.17, 15) is 14.7 Å². The first kappa shape index (κ1) is 25.5. The highest BCUT2D eigenvalue weighted by Crippen LogP contribution is 2.28. The lowest BCUT2D eigenvalue weighted by molar-refractivity contribution is 0.0201. The molecule has 9 nitrogen and oxygen atoms in total. The Morgan fingerprint density at radius 2 is 1.97 bits per heavy atom. The fourth-order valence-corrected chi connectivity index (χ4v) is 4.34. The maximum Gasteiger partial charge on any atom is 0.407 e. The first-order valence-electron chi connectivity index (χ1n) is 11.5. The highest BCUT2D eigenvalue weighted by atomic mass is 32.2. The van der Waals surface area contributed by atoms with Gasteiger partial charge in [0.05, 0.1) is 13.2 Å². The van der Waals surface area contributed by atoms with Crippen molar-refractivity contribution >= 4 is 35.3 Å². The molecule has 0 fully saturated rings. The maximum atomic E-state index is 13.4. The van der Waals surface area contributed by atoms with Gasteiger partial charge in [-0.3, -0.25) is 4.79 Å². The van der Waals surface area contributed by atoms with Gasteiger partial charge in [0.2, 0.25) is 0 Å². The molecule has 0 radical (unpaired) electrons. The number of likely N-dealkylation sites (N-methyl/N-ethyl adjacent to an activating group) is 2. The van der Waals surface area contributed by atoms with E-state index in [-0.39, 0.29) is 19.1 Å². The van der Waals surface area contributed by atoms with Crippen LogP contribution in [0, 0.1) is 0 Å². The third kappa shape index (κ3) is 5.77. The molecule has 1 unspecified atom stereocenters. The van der Waals surface area contributed by atoms with E-state index in [2.05, 4.69) is 9.97 Å². The molecule has 0 saturated carbocycles. The Labute approximate surface area is 214 Å². The number of anilines is 2. The second kappa shape index (κ2) is 11.4. The van der Waals surface area contributed by atoms with Gasteiger partial charge in [0.1, 0.15) is 17.5 Å². The Kier molecular flexibility index (Phi) is 8.07. The van der Waals surface area contributed by atoms with Gasteiger partial charge in [-0.15, -0.1) is 0 Å². The van der Waals surface area contributed by atoms with Crippen LogP contribution in [0.4, 0.5) is 16.3 Å². The van der Waals surface area contributed by atoms with E-state index in [4.69, 9.17) is 4.74 Å². The fourth-order valence-electron chi connectivity index (χ4n) is 4.01. The van der Waals surface area contributed by atoms with Crippen LogP contribution < -0.4 is 9.80 Å². The summed E-state index contributed by atoms with van der Waals surface area (Å²) in [6.45, 7) is 1.59. The molecule has 36 heavy (non-hydrogen) atoms. The molecule has 4 rings (SSSR count). The third-order valence-corrected chi connectivity index (χ3v) is 6.60. The van der Waals surface area contributed by atoms with Gasteiger partial charge in [-0.05, 0) is 29.5 Å². The molecule has 2 amide bonds. The van der Waals surface area contributed by atoms with Gasteiger partial charge in [-0.25, -0.2) is 14.8 Å². The summed E-state index contributed by atoms with van der Waals surface area (Å²) in [6, 6.07) is 17.2. The summed E-state index contributed by atoms with van der Waals surface area (Å²) < 4.78 is 6.19. The molecular weight excluding hydrogens is 478 g/mol. The van der Waals surface area contributed by atoms with Crippen LogP contribution >= 0.6 is 11.8 Å². The Bertz CT molecular complexity index is 1230. The number of nitrogens with zero attached hydrogens (tertiary/aromatic N) is 5.